The average molecular weight is 258 g/mol. The molecule has 1 aromatic carbocycles. The Hall–Kier alpha value is -1.88. The molecule has 3 rings (SSSR count). The molecule has 2 heterocycles. The average Bonchev–Trinajstić information content (AvgIpc) is 3.07. The molecular weight excluding hydrogens is 240 g/mol. The largest absolute Gasteiger partial charge is 0.326 e. The predicted octanol–water partition coefficient (Wildman–Crippen LogP) is 1.89. The standard InChI is InChI=1S/C14H18N4O/c1-2-14(5-6-15-9-14)13(19)17-11-3-4-12-10(7-11)8-16-18-12/h3-4,7-8,15H,2,5-6,9H2,1H3,(H,16,18)(H,17,19). The first-order chi connectivity index (χ1) is 9.23. The van der Waals surface area contributed by atoms with Crippen LogP contribution in [0.3, 0.4) is 0 Å². The number of fused-ring (bicyclic) bond motifs is 1. The first-order valence-electron chi connectivity index (χ1n) is 6.69. The summed E-state index contributed by atoms with van der Waals surface area (Å²) < 4.78 is 0. The van der Waals surface area contributed by atoms with Crippen molar-refractivity contribution in [1.82, 2.24) is 15.5 Å². The Kier molecular flexibility index (Phi) is 2.98. The topological polar surface area (TPSA) is 69.8 Å². The smallest absolute Gasteiger partial charge is 0.231 e. The van der Waals surface area contributed by atoms with E-state index < -0.39 is 0 Å². The highest BCUT2D eigenvalue weighted by atomic mass is 16.2. The maximum atomic E-state index is 12.5. The first-order valence-corrected chi connectivity index (χ1v) is 6.69. The van der Waals surface area contributed by atoms with E-state index >= 15 is 0 Å². The summed E-state index contributed by atoms with van der Waals surface area (Å²) in [4.78, 5) is 12.5. The molecule has 100 valence electrons. The summed E-state index contributed by atoms with van der Waals surface area (Å²) in [5.74, 6) is 0.114. The number of nitrogens with zero attached hydrogens (tertiary/aromatic N) is 1. The fourth-order valence-electron chi connectivity index (χ4n) is 2.68. The molecule has 1 saturated heterocycles. The van der Waals surface area contributed by atoms with Crippen molar-refractivity contribution in [2.75, 3.05) is 18.4 Å². The number of benzene rings is 1. The quantitative estimate of drug-likeness (QED) is 0.787. The van der Waals surface area contributed by atoms with Crippen molar-refractivity contribution in [3.05, 3.63) is 24.4 Å². The maximum absolute atomic E-state index is 12.5. The molecule has 0 radical (unpaired) electrons. The summed E-state index contributed by atoms with van der Waals surface area (Å²) in [6, 6.07) is 5.79. The number of carbonyl (C=O) groups excluding carboxylic acids is 1. The third-order valence-corrected chi connectivity index (χ3v) is 4.10. The van der Waals surface area contributed by atoms with Gasteiger partial charge in [-0.3, -0.25) is 9.89 Å². The second kappa shape index (κ2) is 4.66. The van der Waals surface area contributed by atoms with Crippen LogP contribution >= 0.6 is 0 Å². The minimum Gasteiger partial charge on any atom is -0.326 e. The van der Waals surface area contributed by atoms with E-state index in [9.17, 15) is 4.79 Å². The van der Waals surface area contributed by atoms with Crippen LogP contribution < -0.4 is 10.6 Å². The van der Waals surface area contributed by atoms with Gasteiger partial charge in [-0.15, -0.1) is 0 Å². The predicted molar refractivity (Wildman–Crippen MR) is 74.9 cm³/mol. The van der Waals surface area contributed by atoms with Gasteiger partial charge in [0.2, 0.25) is 5.91 Å². The highest BCUT2D eigenvalue weighted by Gasteiger charge is 2.39. The van der Waals surface area contributed by atoms with Gasteiger partial charge in [0.15, 0.2) is 0 Å². The Morgan fingerprint density at radius 2 is 2.42 bits per heavy atom. The number of hydrogen-bond donors (Lipinski definition) is 3. The fraction of sp³-hybridized carbons (Fsp3) is 0.429. The number of hydrogen-bond acceptors (Lipinski definition) is 3. The van der Waals surface area contributed by atoms with Crippen molar-refractivity contribution >= 4 is 22.5 Å². The third kappa shape index (κ3) is 2.10. The van der Waals surface area contributed by atoms with Crippen LogP contribution in [-0.4, -0.2) is 29.2 Å². The number of carbonyl (C=O) groups is 1. The highest BCUT2D eigenvalue weighted by molar-refractivity contribution is 5.97. The zero-order chi connectivity index (χ0) is 13.3. The summed E-state index contributed by atoms with van der Waals surface area (Å²) in [5, 5.41) is 14.2. The van der Waals surface area contributed by atoms with E-state index in [1.54, 1.807) is 6.20 Å². The normalized spacial score (nSPS) is 22.8. The number of H-pyrrole nitrogens is 1. The van der Waals surface area contributed by atoms with Gasteiger partial charge in [-0.25, -0.2) is 0 Å². The molecule has 1 atom stereocenters. The Bertz CT molecular complexity index is 598. The molecule has 1 aromatic heterocycles. The van der Waals surface area contributed by atoms with Gasteiger partial charge >= 0.3 is 0 Å². The molecule has 0 aliphatic carbocycles. The molecule has 1 fully saturated rings. The monoisotopic (exact) mass is 258 g/mol. The molecule has 19 heavy (non-hydrogen) atoms. The van der Waals surface area contributed by atoms with Crippen LogP contribution in [0.15, 0.2) is 24.4 Å². The lowest BCUT2D eigenvalue weighted by atomic mass is 9.83. The molecule has 1 aliphatic heterocycles. The molecule has 1 amide bonds. The highest BCUT2D eigenvalue weighted by Crippen LogP contribution is 2.31. The van der Waals surface area contributed by atoms with E-state index in [-0.39, 0.29) is 11.3 Å². The Balaban J connectivity index is 1.81. The van der Waals surface area contributed by atoms with Crippen LogP contribution in [0.25, 0.3) is 10.9 Å². The zero-order valence-corrected chi connectivity index (χ0v) is 11.0. The number of nitrogens with one attached hydrogen (secondary N) is 3. The van der Waals surface area contributed by atoms with Crippen LogP contribution in [0.2, 0.25) is 0 Å². The minimum atomic E-state index is -0.259. The third-order valence-electron chi connectivity index (χ3n) is 4.10. The number of anilines is 1. The molecule has 5 nitrogen and oxygen atoms in total. The van der Waals surface area contributed by atoms with Crippen molar-refractivity contribution < 1.29 is 4.79 Å². The van der Waals surface area contributed by atoms with Crippen molar-refractivity contribution in [3.8, 4) is 0 Å². The van der Waals surface area contributed by atoms with E-state index in [2.05, 4.69) is 27.8 Å². The summed E-state index contributed by atoms with van der Waals surface area (Å²) in [6.45, 7) is 3.76. The Morgan fingerprint density at radius 1 is 1.53 bits per heavy atom. The summed E-state index contributed by atoms with van der Waals surface area (Å²) in [5.41, 5.74) is 1.55. The lowest BCUT2D eigenvalue weighted by Crippen LogP contribution is -2.37. The van der Waals surface area contributed by atoms with Crippen LogP contribution in [0.5, 0.6) is 0 Å². The maximum Gasteiger partial charge on any atom is 0.231 e. The number of aromatic amines is 1. The van der Waals surface area contributed by atoms with Gasteiger partial charge in [-0.05, 0) is 37.6 Å². The van der Waals surface area contributed by atoms with Gasteiger partial charge in [-0.2, -0.15) is 5.10 Å². The summed E-state index contributed by atoms with van der Waals surface area (Å²) in [6.07, 6.45) is 3.53. The molecule has 3 N–H and O–H groups in total. The van der Waals surface area contributed by atoms with E-state index in [1.807, 2.05) is 18.2 Å². The van der Waals surface area contributed by atoms with E-state index in [4.69, 9.17) is 0 Å². The summed E-state index contributed by atoms with van der Waals surface area (Å²) in [7, 11) is 0. The van der Waals surface area contributed by atoms with E-state index in [1.165, 1.54) is 0 Å². The van der Waals surface area contributed by atoms with Crippen LogP contribution in [-0.2, 0) is 4.79 Å². The zero-order valence-electron chi connectivity index (χ0n) is 11.0. The van der Waals surface area contributed by atoms with Crippen molar-refractivity contribution in [3.63, 3.8) is 0 Å². The molecule has 5 heteroatoms. The van der Waals surface area contributed by atoms with Crippen LogP contribution in [0.1, 0.15) is 19.8 Å². The van der Waals surface area contributed by atoms with E-state index in [0.717, 1.165) is 42.5 Å². The van der Waals surface area contributed by atoms with Gasteiger partial charge in [0.25, 0.3) is 0 Å². The van der Waals surface area contributed by atoms with Gasteiger partial charge < -0.3 is 10.6 Å². The first kappa shape index (κ1) is 12.2. The van der Waals surface area contributed by atoms with Gasteiger partial charge in [-0.1, -0.05) is 6.92 Å². The number of aromatic nitrogens is 2. The van der Waals surface area contributed by atoms with Crippen molar-refractivity contribution in [1.29, 1.82) is 0 Å². The van der Waals surface area contributed by atoms with Crippen molar-refractivity contribution in [2.24, 2.45) is 5.41 Å². The molecule has 0 bridgehead atoms. The molecule has 0 spiro atoms. The number of amides is 1. The Labute approximate surface area is 111 Å². The van der Waals surface area contributed by atoms with Gasteiger partial charge in [0.1, 0.15) is 0 Å². The SMILES string of the molecule is CCC1(C(=O)Nc2ccc3[nH]ncc3c2)CCNC1. The second-order valence-electron chi connectivity index (χ2n) is 5.19. The lowest BCUT2D eigenvalue weighted by Gasteiger charge is -2.25. The van der Waals surface area contributed by atoms with Gasteiger partial charge in [0.05, 0.1) is 17.1 Å². The minimum absolute atomic E-state index is 0.114. The molecule has 0 saturated carbocycles. The molecule has 1 aliphatic rings. The lowest BCUT2D eigenvalue weighted by molar-refractivity contribution is -0.124. The molecule has 1 unspecified atom stereocenters. The molecular formula is C14H18N4O. The summed E-state index contributed by atoms with van der Waals surface area (Å²) >= 11 is 0. The Morgan fingerprint density at radius 3 is 3.16 bits per heavy atom. The fourth-order valence-corrected chi connectivity index (χ4v) is 2.68. The van der Waals surface area contributed by atoms with Crippen molar-refractivity contribution in [2.45, 2.75) is 19.8 Å². The van der Waals surface area contributed by atoms with Crippen LogP contribution in [0.4, 0.5) is 5.69 Å². The second-order valence-corrected chi connectivity index (χ2v) is 5.19. The van der Waals surface area contributed by atoms with Gasteiger partial charge in [0, 0.05) is 17.6 Å². The van der Waals surface area contributed by atoms with Crippen LogP contribution in [0, 0.1) is 5.41 Å². The molecule has 2 aromatic rings. The van der Waals surface area contributed by atoms with E-state index in [0.29, 0.717) is 0 Å². The number of rotatable bonds is 3.